The Morgan fingerprint density at radius 1 is 1.30 bits per heavy atom. The summed E-state index contributed by atoms with van der Waals surface area (Å²) in [6, 6.07) is -0.493. The molecule has 0 saturated carbocycles. The lowest BCUT2D eigenvalue weighted by molar-refractivity contribution is -0.137. The molecule has 1 aliphatic rings. The quantitative estimate of drug-likeness (QED) is 0.656. The van der Waals surface area contributed by atoms with E-state index in [0.717, 1.165) is 25.9 Å². The van der Waals surface area contributed by atoms with Gasteiger partial charge in [0.1, 0.15) is 0 Å². The molecule has 0 radical (unpaired) electrons. The first-order valence-corrected chi connectivity index (χ1v) is 6.97. The van der Waals surface area contributed by atoms with Crippen molar-refractivity contribution in [3.8, 4) is 0 Å². The van der Waals surface area contributed by atoms with Crippen molar-refractivity contribution in [2.24, 2.45) is 5.92 Å². The van der Waals surface area contributed by atoms with Crippen LogP contribution >= 0.6 is 0 Å². The molecule has 0 spiro atoms. The van der Waals surface area contributed by atoms with Gasteiger partial charge in [0.05, 0.1) is 0 Å². The Morgan fingerprint density at radius 3 is 2.70 bits per heavy atom. The van der Waals surface area contributed by atoms with Crippen LogP contribution < -0.4 is 10.6 Å². The number of hydrogen-bond donors (Lipinski definition) is 3. The van der Waals surface area contributed by atoms with E-state index < -0.39 is 12.0 Å². The molecule has 3 N–H and O–H groups in total. The molecule has 0 aromatic carbocycles. The molecule has 1 heterocycles. The van der Waals surface area contributed by atoms with Crippen molar-refractivity contribution in [3.63, 3.8) is 0 Å². The molecule has 0 aromatic rings. The summed E-state index contributed by atoms with van der Waals surface area (Å²) in [6.45, 7) is 2.36. The fraction of sp³-hybridized carbons (Fsp3) is 0.769. The number of carboxylic acid groups (broad SMARTS) is 1. The van der Waals surface area contributed by atoms with Crippen LogP contribution in [0.15, 0.2) is 0 Å². The third-order valence-electron chi connectivity index (χ3n) is 3.50. The third kappa shape index (κ3) is 6.51. The SMILES string of the molecule is CNC(=O)NC(=O)CCN1CCCC(CCC(=O)O)C1. The number of amides is 3. The van der Waals surface area contributed by atoms with E-state index in [4.69, 9.17) is 5.11 Å². The number of likely N-dealkylation sites (tertiary alicyclic amines) is 1. The summed E-state index contributed by atoms with van der Waals surface area (Å²) in [6.07, 6.45) is 3.25. The first-order valence-electron chi connectivity index (χ1n) is 6.97. The minimum absolute atomic E-state index is 0.204. The van der Waals surface area contributed by atoms with Gasteiger partial charge in [-0.2, -0.15) is 0 Å². The van der Waals surface area contributed by atoms with Gasteiger partial charge in [0.25, 0.3) is 0 Å². The van der Waals surface area contributed by atoms with Crippen molar-refractivity contribution in [2.45, 2.75) is 32.1 Å². The number of piperidine rings is 1. The Morgan fingerprint density at radius 2 is 2.05 bits per heavy atom. The number of imide groups is 1. The van der Waals surface area contributed by atoms with Crippen LogP contribution in [0.1, 0.15) is 32.1 Å². The summed E-state index contributed by atoms with van der Waals surface area (Å²) in [5.74, 6) is -0.661. The van der Waals surface area contributed by atoms with E-state index in [1.54, 1.807) is 0 Å². The monoisotopic (exact) mass is 285 g/mol. The molecule has 1 aliphatic heterocycles. The Kier molecular flexibility index (Phi) is 7.00. The summed E-state index contributed by atoms with van der Waals surface area (Å²) in [4.78, 5) is 35.2. The van der Waals surface area contributed by atoms with Gasteiger partial charge in [-0.15, -0.1) is 0 Å². The van der Waals surface area contributed by atoms with Crippen molar-refractivity contribution in [2.75, 3.05) is 26.7 Å². The number of nitrogens with zero attached hydrogens (tertiary/aromatic N) is 1. The second kappa shape index (κ2) is 8.52. The largest absolute Gasteiger partial charge is 0.481 e. The van der Waals surface area contributed by atoms with Crippen LogP contribution in [-0.2, 0) is 9.59 Å². The van der Waals surface area contributed by atoms with E-state index in [-0.39, 0.29) is 18.7 Å². The van der Waals surface area contributed by atoms with Crippen molar-refractivity contribution < 1.29 is 19.5 Å². The van der Waals surface area contributed by atoms with E-state index in [0.29, 0.717) is 18.9 Å². The molecule has 0 aliphatic carbocycles. The average molecular weight is 285 g/mol. The number of hydrogen-bond acceptors (Lipinski definition) is 4. The van der Waals surface area contributed by atoms with Gasteiger partial charge in [0.15, 0.2) is 0 Å². The normalized spacial score (nSPS) is 19.4. The number of carbonyl (C=O) groups is 3. The highest BCUT2D eigenvalue weighted by atomic mass is 16.4. The van der Waals surface area contributed by atoms with Gasteiger partial charge >= 0.3 is 12.0 Å². The van der Waals surface area contributed by atoms with E-state index in [2.05, 4.69) is 15.5 Å². The molecular formula is C13H23N3O4. The fourth-order valence-corrected chi connectivity index (χ4v) is 2.43. The zero-order chi connectivity index (χ0) is 15.0. The van der Waals surface area contributed by atoms with Crippen molar-refractivity contribution >= 4 is 17.9 Å². The molecule has 7 nitrogen and oxygen atoms in total. The highest BCUT2D eigenvalue weighted by Gasteiger charge is 2.21. The number of carboxylic acids is 1. The third-order valence-corrected chi connectivity index (χ3v) is 3.50. The molecule has 1 atom stereocenters. The predicted octanol–water partition coefficient (Wildman–Crippen LogP) is 0.409. The van der Waals surface area contributed by atoms with Crippen LogP contribution in [0.3, 0.4) is 0 Å². The molecule has 20 heavy (non-hydrogen) atoms. The summed E-state index contributed by atoms with van der Waals surface area (Å²) in [5.41, 5.74) is 0. The molecule has 7 heteroatoms. The maximum atomic E-state index is 11.5. The molecule has 1 rings (SSSR count). The van der Waals surface area contributed by atoms with Crippen molar-refractivity contribution in [1.29, 1.82) is 0 Å². The maximum absolute atomic E-state index is 11.5. The van der Waals surface area contributed by atoms with Gasteiger partial charge in [0.2, 0.25) is 5.91 Å². The highest BCUT2D eigenvalue weighted by Crippen LogP contribution is 2.20. The Hall–Kier alpha value is -1.63. The zero-order valence-corrected chi connectivity index (χ0v) is 11.9. The lowest BCUT2D eigenvalue weighted by Gasteiger charge is -2.32. The fourth-order valence-electron chi connectivity index (χ4n) is 2.43. The molecular weight excluding hydrogens is 262 g/mol. The van der Waals surface area contributed by atoms with Crippen LogP contribution in [0.5, 0.6) is 0 Å². The van der Waals surface area contributed by atoms with Gasteiger partial charge in [-0.05, 0) is 31.7 Å². The standard InChI is InChI=1S/C13H23N3O4/c1-14-13(20)15-11(17)6-8-16-7-2-3-10(9-16)4-5-12(18)19/h10H,2-9H2,1H3,(H,18,19)(H2,14,15,17,20). The molecule has 0 bridgehead atoms. The van der Waals surface area contributed by atoms with Gasteiger partial charge in [-0.3, -0.25) is 14.9 Å². The number of rotatable bonds is 6. The summed E-state index contributed by atoms with van der Waals surface area (Å²) in [7, 11) is 1.46. The predicted molar refractivity (Wildman–Crippen MR) is 73.2 cm³/mol. The Labute approximate surface area is 118 Å². The van der Waals surface area contributed by atoms with Crippen LogP contribution in [0, 0.1) is 5.92 Å². The lowest BCUT2D eigenvalue weighted by atomic mass is 9.93. The Balaban J connectivity index is 2.24. The van der Waals surface area contributed by atoms with E-state index in [1.165, 1.54) is 7.05 Å². The van der Waals surface area contributed by atoms with E-state index >= 15 is 0 Å². The van der Waals surface area contributed by atoms with Gasteiger partial charge in [0, 0.05) is 33.0 Å². The second-order valence-corrected chi connectivity index (χ2v) is 5.12. The number of urea groups is 1. The number of nitrogens with one attached hydrogen (secondary N) is 2. The molecule has 114 valence electrons. The number of aliphatic carboxylic acids is 1. The second-order valence-electron chi connectivity index (χ2n) is 5.12. The molecule has 0 aromatic heterocycles. The van der Waals surface area contributed by atoms with Gasteiger partial charge < -0.3 is 15.3 Å². The molecule has 1 unspecified atom stereocenters. The first-order chi connectivity index (χ1) is 9.51. The van der Waals surface area contributed by atoms with Crippen LogP contribution in [0.25, 0.3) is 0 Å². The molecule has 3 amide bonds. The van der Waals surface area contributed by atoms with Crippen molar-refractivity contribution in [3.05, 3.63) is 0 Å². The van der Waals surface area contributed by atoms with Crippen LogP contribution in [-0.4, -0.2) is 54.6 Å². The first kappa shape index (κ1) is 16.4. The van der Waals surface area contributed by atoms with Crippen LogP contribution in [0.4, 0.5) is 4.79 Å². The smallest absolute Gasteiger partial charge is 0.321 e. The Bertz CT molecular complexity index is 360. The summed E-state index contributed by atoms with van der Waals surface area (Å²) in [5, 5.41) is 13.2. The van der Waals surface area contributed by atoms with E-state index in [9.17, 15) is 14.4 Å². The number of carbonyl (C=O) groups excluding carboxylic acids is 2. The molecule has 1 saturated heterocycles. The van der Waals surface area contributed by atoms with Crippen LogP contribution in [0.2, 0.25) is 0 Å². The van der Waals surface area contributed by atoms with E-state index in [1.807, 2.05) is 0 Å². The summed E-state index contributed by atoms with van der Waals surface area (Å²) < 4.78 is 0. The topological polar surface area (TPSA) is 98.7 Å². The highest BCUT2D eigenvalue weighted by molar-refractivity contribution is 5.94. The summed E-state index contributed by atoms with van der Waals surface area (Å²) >= 11 is 0. The minimum atomic E-state index is -0.757. The lowest BCUT2D eigenvalue weighted by Crippen LogP contribution is -2.41. The van der Waals surface area contributed by atoms with Gasteiger partial charge in [-0.1, -0.05) is 0 Å². The van der Waals surface area contributed by atoms with Gasteiger partial charge in [-0.25, -0.2) is 4.79 Å². The molecule has 1 fully saturated rings. The minimum Gasteiger partial charge on any atom is -0.481 e. The maximum Gasteiger partial charge on any atom is 0.321 e. The average Bonchev–Trinajstić information content (AvgIpc) is 2.43. The zero-order valence-electron chi connectivity index (χ0n) is 11.9. The van der Waals surface area contributed by atoms with Crippen molar-refractivity contribution in [1.82, 2.24) is 15.5 Å².